The predicted octanol–water partition coefficient (Wildman–Crippen LogP) is 1.52. The molecule has 0 aliphatic heterocycles. The summed E-state index contributed by atoms with van der Waals surface area (Å²) in [6.07, 6.45) is 11.3. The summed E-state index contributed by atoms with van der Waals surface area (Å²) in [5.74, 6) is -2.86. The Labute approximate surface area is 203 Å². The quantitative estimate of drug-likeness (QED) is 0.120. The lowest BCUT2D eigenvalue weighted by molar-refractivity contribution is -0.140. The summed E-state index contributed by atoms with van der Waals surface area (Å²) in [5, 5.41) is 50.1. The molecule has 0 amide bonds. The molecule has 0 aliphatic carbocycles. The fraction of sp³-hybridized carbons (Fsp3) is 0.870. The molecule has 0 radical (unpaired) electrons. The van der Waals surface area contributed by atoms with E-state index in [1.807, 2.05) is 0 Å². The second-order valence-corrected chi connectivity index (χ2v) is 7.86. The molecule has 0 bridgehead atoms. The van der Waals surface area contributed by atoms with E-state index in [9.17, 15) is 14.4 Å². The van der Waals surface area contributed by atoms with Gasteiger partial charge in [0.15, 0.2) is 0 Å². The van der Waals surface area contributed by atoms with Crippen LogP contribution in [0.15, 0.2) is 0 Å². The zero-order valence-electron chi connectivity index (χ0n) is 20.7. The highest BCUT2D eigenvalue weighted by Crippen LogP contribution is 2.10. The lowest BCUT2D eigenvalue weighted by atomic mass is 10.1. The molecule has 0 rings (SSSR count). The number of unbranched alkanes of at least 4 members (excludes halogenated alkanes) is 8. The predicted molar refractivity (Wildman–Crippen MR) is 130 cm³/mol. The van der Waals surface area contributed by atoms with Crippen LogP contribution in [0.3, 0.4) is 0 Å². The van der Waals surface area contributed by atoms with E-state index < -0.39 is 23.9 Å². The molecule has 204 valence electrons. The van der Waals surface area contributed by atoms with Crippen molar-refractivity contribution in [3.63, 3.8) is 0 Å². The van der Waals surface area contributed by atoms with Crippen LogP contribution in [-0.2, 0) is 14.4 Å². The Balaban J connectivity index is -0.000000434. The molecule has 1 atom stereocenters. The van der Waals surface area contributed by atoms with Crippen molar-refractivity contribution in [2.24, 2.45) is 5.73 Å². The van der Waals surface area contributed by atoms with E-state index in [-0.39, 0.29) is 32.7 Å². The van der Waals surface area contributed by atoms with Crippen molar-refractivity contribution in [3.05, 3.63) is 0 Å². The number of nitrogens with two attached hydrogens (primary N) is 1. The number of aliphatic carboxylic acids is 3. The van der Waals surface area contributed by atoms with Crippen molar-refractivity contribution in [2.75, 3.05) is 39.5 Å². The second kappa shape index (κ2) is 29.2. The Kier molecular flexibility index (Phi) is 31.6. The minimum absolute atomic E-state index is 0.0231. The summed E-state index contributed by atoms with van der Waals surface area (Å²) >= 11 is 0. The molecule has 0 saturated heterocycles. The van der Waals surface area contributed by atoms with Gasteiger partial charge in [-0.1, -0.05) is 58.3 Å². The smallest absolute Gasteiger partial charge is 0.320 e. The third-order valence-corrected chi connectivity index (χ3v) is 4.73. The second-order valence-electron chi connectivity index (χ2n) is 7.86. The number of hydrogen-bond donors (Lipinski definition) is 7. The van der Waals surface area contributed by atoms with Gasteiger partial charge >= 0.3 is 17.9 Å². The van der Waals surface area contributed by atoms with Crippen molar-refractivity contribution in [1.29, 1.82) is 0 Å². The summed E-state index contributed by atoms with van der Waals surface area (Å²) in [4.78, 5) is 31.9. The molecule has 0 aromatic rings. The van der Waals surface area contributed by atoms with Crippen molar-refractivity contribution >= 4 is 17.9 Å². The summed E-state index contributed by atoms with van der Waals surface area (Å²) in [6, 6.07) is -1.06. The first kappa shape index (κ1) is 36.8. The molecule has 0 aromatic carbocycles. The molecular formula is C23H48N2O9. The van der Waals surface area contributed by atoms with Crippen molar-refractivity contribution in [3.8, 4) is 0 Å². The highest BCUT2D eigenvalue weighted by Gasteiger charge is 2.12. The van der Waals surface area contributed by atoms with Crippen molar-refractivity contribution in [2.45, 2.75) is 90.0 Å². The lowest BCUT2D eigenvalue weighted by Gasteiger charge is -2.17. The van der Waals surface area contributed by atoms with Crippen LogP contribution < -0.4 is 5.73 Å². The average Bonchev–Trinajstić information content (AvgIpc) is 2.77. The van der Waals surface area contributed by atoms with Gasteiger partial charge in [-0.05, 0) is 12.8 Å². The number of carbonyl (C=O) groups is 3. The summed E-state index contributed by atoms with van der Waals surface area (Å²) in [6.45, 7) is 3.98. The Morgan fingerprint density at radius 1 is 0.676 bits per heavy atom. The first-order valence-electron chi connectivity index (χ1n) is 12.1. The van der Waals surface area contributed by atoms with Crippen LogP contribution >= 0.6 is 0 Å². The minimum atomic E-state index is -1.17. The van der Waals surface area contributed by atoms with Crippen LogP contribution in [0.2, 0.25) is 0 Å². The Bertz CT molecular complexity index is 465. The van der Waals surface area contributed by atoms with Gasteiger partial charge in [0.05, 0.1) is 19.8 Å². The molecule has 0 aromatic heterocycles. The number of aliphatic hydroxyl groups is 3. The fourth-order valence-corrected chi connectivity index (χ4v) is 2.75. The first-order chi connectivity index (χ1) is 16.2. The topological polar surface area (TPSA) is 202 Å². The number of hydrogen-bond acceptors (Lipinski definition) is 8. The van der Waals surface area contributed by atoms with Crippen LogP contribution in [-0.4, -0.2) is 98.9 Å². The maximum atomic E-state index is 10.2. The van der Waals surface area contributed by atoms with Gasteiger partial charge in [-0.3, -0.25) is 19.3 Å². The van der Waals surface area contributed by atoms with Crippen LogP contribution in [0, 0.1) is 0 Å². The zero-order chi connectivity index (χ0) is 26.6. The minimum Gasteiger partial charge on any atom is -0.481 e. The van der Waals surface area contributed by atoms with Gasteiger partial charge in [0.1, 0.15) is 6.04 Å². The maximum absolute atomic E-state index is 10.2. The standard InChI is InChI=1S/C12H24O2.C6H15NO3.C5H9NO4/c1-2-3-4-5-6-7-8-9-10-11-12(13)14;8-4-1-7(2-5-9)3-6-10;6-3(5(9)10)1-2-4(7)8/h2-11H2,1H3,(H,13,14);8-10H,1-6H2;3H,1-2,6H2,(H,7,8)(H,9,10). The van der Waals surface area contributed by atoms with E-state index in [1.54, 1.807) is 4.90 Å². The first-order valence-corrected chi connectivity index (χ1v) is 12.1. The van der Waals surface area contributed by atoms with Crippen molar-refractivity contribution < 1.29 is 45.0 Å². The Hall–Kier alpha value is -1.79. The van der Waals surface area contributed by atoms with Gasteiger partial charge in [-0.25, -0.2) is 0 Å². The summed E-state index contributed by atoms with van der Waals surface area (Å²) in [5.41, 5.74) is 5.00. The number of aliphatic hydroxyl groups excluding tert-OH is 3. The molecule has 0 spiro atoms. The van der Waals surface area contributed by atoms with Gasteiger partial charge in [-0.15, -0.1) is 0 Å². The molecule has 0 aliphatic rings. The Morgan fingerprint density at radius 3 is 1.38 bits per heavy atom. The number of rotatable bonds is 20. The normalized spacial score (nSPS) is 11.1. The fourth-order valence-electron chi connectivity index (χ4n) is 2.75. The maximum Gasteiger partial charge on any atom is 0.320 e. The molecule has 0 saturated carbocycles. The van der Waals surface area contributed by atoms with Crippen LogP contribution in [0.5, 0.6) is 0 Å². The monoisotopic (exact) mass is 496 g/mol. The van der Waals surface area contributed by atoms with Crippen LogP contribution in [0.25, 0.3) is 0 Å². The number of carboxylic acids is 3. The molecule has 0 heterocycles. The zero-order valence-corrected chi connectivity index (χ0v) is 20.7. The molecule has 1 unspecified atom stereocenters. The molecular weight excluding hydrogens is 448 g/mol. The third kappa shape index (κ3) is 34.8. The largest absolute Gasteiger partial charge is 0.481 e. The summed E-state index contributed by atoms with van der Waals surface area (Å²) in [7, 11) is 0. The molecule has 11 nitrogen and oxygen atoms in total. The van der Waals surface area contributed by atoms with Crippen molar-refractivity contribution in [1.82, 2.24) is 4.90 Å². The van der Waals surface area contributed by atoms with E-state index in [4.69, 9.17) is 36.4 Å². The molecule has 11 heteroatoms. The average molecular weight is 497 g/mol. The van der Waals surface area contributed by atoms with Gasteiger partial charge in [0, 0.05) is 32.5 Å². The SMILES string of the molecule is CCCCCCCCCCCC(=O)O.NC(CCC(=O)O)C(=O)O.OCCN(CCO)CCO. The van der Waals surface area contributed by atoms with E-state index in [1.165, 1.54) is 44.9 Å². The third-order valence-electron chi connectivity index (χ3n) is 4.73. The van der Waals surface area contributed by atoms with Gasteiger partial charge < -0.3 is 36.4 Å². The van der Waals surface area contributed by atoms with Gasteiger partial charge in [-0.2, -0.15) is 0 Å². The highest BCUT2D eigenvalue weighted by molar-refractivity contribution is 5.74. The molecule has 34 heavy (non-hydrogen) atoms. The molecule has 0 fully saturated rings. The van der Waals surface area contributed by atoms with E-state index in [2.05, 4.69) is 6.92 Å². The lowest BCUT2D eigenvalue weighted by Crippen LogP contribution is -2.32. The molecule has 8 N–H and O–H groups in total. The van der Waals surface area contributed by atoms with E-state index in [0.717, 1.165) is 12.8 Å². The van der Waals surface area contributed by atoms with Crippen LogP contribution in [0.1, 0.15) is 84.0 Å². The number of carboxylic acid groups (broad SMARTS) is 3. The van der Waals surface area contributed by atoms with E-state index in [0.29, 0.717) is 26.1 Å². The van der Waals surface area contributed by atoms with Gasteiger partial charge in [0.2, 0.25) is 0 Å². The Morgan fingerprint density at radius 2 is 1.06 bits per heavy atom. The number of nitrogens with zero attached hydrogens (tertiary/aromatic N) is 1. The summed E-state index contributed by atoms with van der Waals surface area (Å²) < 4.78 is 0. The highest BCUT2D eigenvalue weighted by atomic mass is 16.4. The van der Waals surface area contributed by atoms with Crippen LogP contribution in [0.4, 0.5) is 0 Å². The van der Waals surface area contributed by atoms with Gasteiger partial charge in [0.25, 0.3) is 0 Å². The van der Waals surface area contributed by atoms with E-state index >= 15 is 0 Å².